The van der Waals surface area contributed by atoms with E-state index in [9.17, 15) is 4.79 Å². The Morgan fingerprint density at radius 1 is 1.14 bits per heavy atom. The maximum atomic E-state index is 12.3. The first-order valence-corrected chi connectivity index (χ1v) is 6.88. The Hall–Kier alpha value is -2.62. The zero-order valence-corrected chi connectivity index (χ0v) is 12.3. The topological polar surface area (TPSA) is 57.8 Å². The maximum absolute atomic E-state index is 12.3. The molecule has 0 fully saturated rings. The molecule has 0 spiro atoms. The smallest absolute Gasteiger partial charge is 0.256 e. The number of rotatable bonds is 2. The van der Waals surface area contributed by atoms with E-state index in [4.69, 9.17) is 0 Å². The average molecular weight is 279 g/mol. The van der Waals surface area contributed by atoms with Crippen LogP contribution in [0.15, 0.2) is 36.4 Å². The number of H-pyrrole nitrogens is 1. The van der Waals surface area contributed by atoms with Crippen LogP contribution in [-0.4, -0.2) is 15.9 Å². The van der Waals surface area contributed by atoms with Gasteiger partial charge in [-0.1, -0.05) is 6.07 Å². The predicted octanol–water partition coefficient (Wildman–Crippen LogP) is 3.74. The van der Waals surface area contributed by atoms with Crippen LogP contribution in [0.25, 0.3) is 10.9 Å². The Balaban J connectivity index is 1.92. The van der Waals surface area contributed by atoms with Gasteiger partial charge in [-0.15, -0.1) is 0 Å². The minimum absolute atomic E-state index is 0.145. The lowest BCUT2D eigenvalue weighted by molar-refractivity contribution is 0.102. The lowest BCUT2D eigenvalue weighted by Gasteiger charge is -2.05. The van der Waals surface area contributed by atoms with Crippen LogP contribution in [0.3, 0.4) is 0 Å². The fraction of sp³-hybridized carbons (Fsp3) is 0.176. The average Bonchev–Trinajstić information content (AvgIpc) is 2.74. The number of benzene rings is 1. The van der Waals surface area contributed by atoms with E-state index in [-0.39, 0.29) is 5.91 Å². The first-order valence-electron chi connectivity index (χ1n) is 6.88. The lowest BCUT2D eigenvalue weighted by atomic mass is 10.1. The van der Waals surface area contributed by atoms with E-state index in [1.807, 2.05) is 44.2 Å². The maximum Gasteiger partial charge on any atom is 0.256 e. The number of pyridine rings is 1. The second-order valence-electron chi connectivity index (χ2n) is 5.25. The fourth-order valence-corrected chi connectivity index (χ4v) is 2.40. The molecule has 3 aromatic rings. The predicted molar refractivity (Wildman–Crippen MR) is 84.7 cm³/mol. The quantitative estimate of drug-likeness (QED) is 0.750. The largest absolute Gasteiger partial charge is 0.358 e. The number of nitrogens with one attached hydrogen (secondary N) is 2. The highest BCUT2D eigenvalue weighted by Crippen LogP contribution is 2.22. The second-order valence-corrected chi connectivity index (χ2v) is 5.25. The van der Waals surface area contributed by atoms with Crippen molar-refractivity contribution < 1.29 is 4.79 Å². The van der Waals surface area contributed by atoms with Crippen LogP contribution in [0.4, 0.5) is 5.82 Å². The van der Waals surface area contributed by atoms with E-state index in [1.54, 1.807) is 6.07 Å². The standard InChI is InChI=1S/C17H17N3O/c1-10-5-4-6-16(18-10)20-17(21)13-7-8-15-14(9-13)11(2)12(3)19-15/h4-9,19H,1-3H3,(H,18,20,21). The first-order chi connectivity index (χ1) is 10.0. The van der Waals surface area contributed by atoms with E-state index < -0.39 is 0 Å². The molecule has 1 aromatic carbocycles. The van der Waals surface area contributed by atoms with Gasteiger partial charge >= 0.3 is 0 Å². The third-order valence-electron chi connectivity index (χ3n) is 3.70. The molecule has 0 aliphatic heterocycles. The van der Waals surface area contributed by atoms with Crippen molar-refractivity contribution in [3.63, 3.8) is 0 Å². The van der Waals surface area contributed by atoms with Crippen molar-refractivity contribution in [2.45, 2.75) is 20.8 Å². The number of hydrogen-bond acceptors (Lipinski definition) is 2. The number of anilines is 1. The highest BCUT2D eigenvalue weighted by atomic mass is 16.1. The molecular formula is C17H17N3O. The normalized spacial score (nSPS) is 10.8. The molecule has 0 radical (unpaired) electrons. The Morgan fingerprint density at radius 2 is 1.95 bits per heavy atom. The van der Waals surface area contributed by atoms with Crippen LogP contribution in [-0.2, 0) is 0 Å². The van der Waals surface area contributed by atoms with Gasteiger partial charge in [-0.25, -0.2) is 4.98 Å². The zero-order valence-electron chi connectivity index (χ0n) is 12.3. The summed E-state index contributed by atoms with van der Waals surface area (Å²) in [6.45, 7) is 5.98. The third kappa shape index (κ3) is 2.52. The summed E-state index contributed by atoms with van der Waals surface area (Å²) in [6.07, 6.45) is 0. The summed E-state index contributed by atoms with van der Waals surface area (Å²) in [4.78, 5) is 19.9. The summed E-state index contributed by atoms with van der Waals surface area (Å²) in [6, 6.07) is 11.2. The van der Waals surface area contributed by atoms with Crippen molar-refractivity contribution >= 4 is 22.6 Å². The van der Waals surface area contributed by atoms with Gasteiger partial charge in [-0.3, -0.25) is 4.79 Å². The summed E-state index contributed by atoms with van der Waals surface area (Å²) in [7, 11) is 0. The molecule has 0 bridgehead atoms. The minimum atomic E-state index is -0.145. The van der Waals surface area contributed by atoms with Crippen molar-refractivity contribution in [3.05, 3.63) is 58.9 Å². The monoisotopic (exact) mass is 279 g/mol. The van der Waals surface area contributed by atoms with Crippen LogP contribution in [0.5, 0.6) is 0 Å². The van der Waals surface area contributed by atoms with Crippen LogP contribution >= 0.6 is 0 Å². The molecule has 2 aromatic heterocycles. The molecule has 0 atom stereocenters. The Morgan fingerprint density at radius 3 is 2.71 bits per heavy atom. The highest BCUT2D eigenvalue weighted by molar-refractivity contribution is 6.06. The molecule has 0 aliphatic carbocycles. The van der Waals surface area contributed by atoms with Gasteiger partial charge in [0.2, 0.25) is 0 Å². The Bertz CT molecular complexity index is 833. The summed E-state index contributed by atoms with van der Waals surface area (Å²) in [5.74, 6) is 0.426. The first kappa shape index (κ1) is 13.4. The summed E-state index contributed by atoms with van der Waals surface area (Å²) < 4.78 is 0. The molecule has 0 unspecified atom stereocenters. The SMILES string of the molecule is Cc1cccc(NC(=O)c2ccc3[nH]c(C)c(C)c3c2)n1. The molecule has 0 saturated heterocycles. The minimum Gasteiger partial charge on any atom is -0.358 e. The van der Waals surface area contributed by atoms with Gasteiger partial charge in [-0.05, 0) is 56.7 Å². The molecular weight excluding hydrogens is 262 g/mol. The van der Waals surface area contributed by atoms with Crippen molar-refractivity contribution in [1.29, 1.82) is 0 Å². The molecule has 3 rings (SSSR count). The number of aryl methyl sites for hydroxylation is 3. The van der Waals surface area contributed by atoms with Crippen LogP contribution in [0.2, 0.25) is 0 Å². The van der Waals surface area contributed by atoms with Crippen LogP contribution in [0, 0.1) is 20.8 Å². The second kappa shape index (κ2) is 5.05. The number of amides is 1. The van der Waals surface area contributed by atoms with Crippen molar-refractivity contribution in [2.24, 2.45) is 0 Å². The number of aromatic nitrogens is 2. The van der Waals surface area contributed by atoms with Gasteiger partial charge in [0.1, 0.15) is 5.82 Å². The van der Waals surface area contributed by atoms with Crippen molar-refractivity contribution in [3.8, 4) is 0 Å². The van der Waals surface area contributed by atoms with Crippen molar-refractivity contribution in [1.82, 2.24) is 9.97 Å². The highest BCUT2D eigenvalue weighted by Gasteiger charge is 2.10. The molecule has 4 nitrogen and oxygen atoms in total. The Kier molecular flexibility index (Phi) is 3.22. The van der Waals surface area contributed by atoms with E-state index in [1.165, 1.54) is 5.56 Å². The van der Waals surface area contributed by atoms with Gasteiger partial charge in [-0.2, -0.15) is 0 Å². The molecule has 1 amide bonds. The number of carbonyl (C=O) groups is 1. The van der Waals surface area contributed by atoms with Gasteiger partial charge in [0, 0.05) is 27.9 Å². The van der Waals surface area contributed by atoms with Crippen LogP contribution < -0.4 is 5.32 Å². The molecule has 4 heteroatoms. The molecule has 21 heavy (non-hydrogen) atoms. The van der Waals surface area contributed by atoms with Gasteiger partial charge in [0.05, 0.1) is 0 Å². The van der Waals surface area contributed by atoms with Gasteiger partial charge in [0.15, 0.2) is 0 Å². The van der Waals surface area contributed by atoms with Crippen LogP contribution in [0.1, 0.15) is 27.3 Å². The molecule has 106 valence electrons. The molecule has 0 saturated carbocycles. The third-order valence-corrected chi connectivity index (χ3v) is 3.70. The number of carbonyl (C=O) groups excluding carboxylic acids is 1. The summed E-state index contributed by atoms with van der Waals surface area (Å²) >= 11 is 0. The molecule has 2 heterocycles. The molecule has 0 aliphatic rings. The van der Waals surface area contributed by atoms with E-state index in [0.29, 0.717) is 11.4 Å². The van der Waals surface area contributed by atoms with E-state index in [0.717, 1.165) is 22.3 Å². The van der Waals surface area contributed by atoms with Gasteiger partial charge < -0.3 is 10.3 Å². The van der Waals surface area contributed by atoms with Crippen molar-refractivity contribution in [2.75, 3.05) is 5.32 Å². The zero-order chi connectivity index (χ0) is 15.0. The molecule has 2 N–H and O–H groups in total. The lowest BCUT2D eigenvalue weighted by Crippen LogP contribution is -2.13. The van der Waals surface area contributed by atoms with Gasteiger partial charge in [0.25, 0.3) is 5.91 Å². The fourth-order valence-electron chi connectivity index (χ4n) is 2.40. The number of hydrogen-bond donors (Lipinski definition) is 2. The number of aromatic amines is 1. The summed E-state index contributed by atoms with van der Waals surface area (Å²) in [5, 5.41) is 3.91. The summed E-state index contributed by atoms with van der Waals surface area (Å²) in [5.41, 5.74) is 4.86. The number of nitrogens with zero attached hydrogens (tertiary/aromatic N) is 1. The Labute approximate surface area is 123 Å². The van der Waals surface area contributed by atoms with E-state index >= 15 is 0 Å². The number of fused-ring (bicyclic) bond motifs is 1. The van der Waals surface area contributed by atoms with E-state index in [2.05, 4.69) is 22.2 Å².